The minimum atomic E-state index is -0.123. The topological polar surface area (TPSA) is 111 Å². The van der Waals surface area contributed by atoms with Gasteiger partial charge in [-0.1, -0.05) is 0 Å². The van der Waals surface area contributed by atoms with Gasteiger partial charge in [0, 0.05) is 50.1 Å². The Morgan fingerprint density at radius 2 is 1.87 bits per heavy atom. The van der Waals surface area contributed by atoms with E-state index < -0.39 is 0 Å². The van der Waals surface area contributed by atoms with Crippen LogP contribution in [0.2, 0.25) is 0 Å². The summed E-state index contributed by atoms with van der Waals surface area (Å²) in [6.45, 7) is 6.24. The van der Waals surface area contributed by atoms with Gasteiger partial charge in [0.05, 0.1) is 12.0 Å². The zero-order valence-corrected chi connectivity index (χ0v) is 17.7. The van der Waals surface area contributed by atoms with Crippen LogP contribution in [0.1, 0.15) is 24.2 Å². The van der Waals surface area contributed by atoms with E-state index in [-0.39, 0.29) is 17.4 Å². The summed E-state index contributed by atoms with van der Waals surface area (Å²) in [6.07, 6.45) is 4.44. The molecule has 0 spiro atoms. The lowest BCUT2D eigenvalue weighted by atomic mass is 9.96. The van der Waals surface area contributed by atoms with E-state index in [9.17, 15) is 9.59 Å². The van der Waals surface area contributed by atoms with Gasteiger partial charge in [0.25, 0.3) is 5.56 Å². The molecule has 0 saturated carbocycles. The quantitative estimate of drug-likeness (QED) is 0.627. The third-order valence-electron chi connectivity index (χ3n) is 5.50. The van der Waals surface area contributed by atoms with E-state index in [1.165, 1.54) is 23.2 Å². The number of carbonyl (C=O) groups excluding carboxylic acids is 1. The van der Waals surface area contributed by atoms with Gasteiger partial charge in [-0.05, 0) is 44.9 Å². The van der Waals surface area contributed by atoms with Crippen molar-refractivity contribution in [3.05, 3.63) is 58.5 Å². The van der Waals surface area contributed by atoms with Gasteiger partial charge in [-0.3, -0.25) is 14.2 Å². The molecule has 4 rings (SSSR count). The molecule has 162 valence electrons. The fourth-order valence-electron chi connectivity index (χ4n) is 3.82. The van der Waals surface area contributed by atoms with Gasteiger partial charge in [-0.15, -0.1) is 10.2 Å². The highest BCUT2D eigenvalue weighted by Gasteiger charge is 2.25. The van der Waals surface area contributed by atoms with E-state index in [0.717, 1.165) is 43.1 Å². The van der Waals surface area contributed by atoms with Crippen LogP contribution in [0.15, 0.2) is 41.6 Å². The lowest BCUT2D eigenvalue weighted by Gasteiger charge is -2.31. The maximum atomic E-state index is 12.5. The van der Waals surface area contributed by atoms with Crippen LogP contribution in [0, 0.1) is 19.8 Å². The first-order valence-electron chi connectivity index (χ1n) is 10.4. The predicted molar refractivity (Wildman–Crippen MR) is 115 cm³/mol. The van der Waals surface area contributed by atoms with Crippen LogP contribution < -0.4 is 15.8 Å². The molecule has 0 radical (unpaired) electrons. The molecule has 0 bridgehead atoms. The number of nitrogens with one attached hydrogen (secondary N) is 1. The normalized spacial score (nSPS) is 14.6. The number of amides is 1. The molecule has 3 aromatic heterocycles. The predicted octanol–water partition coefficient (Wildman–Crippen LogP) is 0.869. The molecule has 0 unspecified atom stereocenters. The van der Waals surface area contributed by atoms with E-state index in [4.69, 9.17) is 0 Å². The smallest absolute Gasteiger partial charge is 0.253 e. The van der Waals surface area contributed by atoms with E-state index in [1.807, 2.05) is 32.0 Å². The highest BCUT2D eigenvalue weighted by Crippen LogP contribution is 2.22. The molecule has 0 aromatic carbocycles. The zero-order valence-electron chi connectivity index (χ0n) is 17.7. The highest BCUT2D eigenvalue weighted by molar-refractivity contribution is 5.78. The number of hydrogen-bond donors (Lipinski definition) is 1. The Morgan fingerprint density at radius 3 is 2.52 bits per heavy atom. The van der Waals surface area contributed by atoms with Crippen LogP contribution in [0.3, 0.4) is 0 Å². The Balaban J connectivity index is 1.27. The van der Waals surface area contributed by atoms with Crippen molar-refractivity contribution in [2.45, 2.75) is 33.2 Å². The molecule has 1 aliphatic rings. The minimum Gasteiger partial charge on any atom is -0.355 e. The Labute approximate surface area is 179 Å². The first-order valence-corrected chi connectivity index (χ1v) is 10.4. The van der Waals surface area contributed by atoms with E-state index in [2.05, 4.69) is 30.5 Å². The van der Waals surface area contributed by atoms with Crippen LogP contribution in [0.25, 0.3) is 5.82 Å². The first-order chi connectivity index (χ1) is 15.0. The van der Waals surface area contributed by atoms with E-state index in [1.54, 1.807) is 4.68 Å². The maximum Gasteiger partial charge on any atom is 0.253 e. The number of anilines is 1. The molecule has 0 aliphatic carbocycles. The molecule has 31 heavy (non-hydrogen) atoms. The molecule has 0 atom stereocenters. The molecule has 10 nitrogen and oxygen atoms in total. The molecular formula is C21H26N8O2. The van der Waals surface area contributed by atoms with Gasteiger partial charge in [0.1, 0.15) is 0 Å². The van der Waals surface area contributed by atoms with Gasteiger partial charge in [-0.2, -0.15) is 5.10 Å². The standard InChI is InChI=1S/C21H26N8O2/c1-15-13-16(2)29(26-15)19-4-3-18(24-25-19)27-10-6-17(7-11-27)21(31)23-9-12-28-14-22-8-5-20(28)30/h3-5,8,13-14,17H,6-7,9-12H2,1-2H3,(H,23,31). The Kier molecular flexibility index (Phi) is 6.06. The van der Waals surface area contributed by atoms with Crippen molar-refractivity contribution in [1.82, 2.24) is 34.8 Å². The van der Waals surface area contributed by atoms with Crippen LogP contribution in [0.5, 0.6) is 0 Å². The highest BCUT2D eigenvalue weighted by atomic mass is 16.2. The third-order valence-corrected chi connectivity index (χ3v) is 5.50. The van der Waals surface area contributed by atoms with Gasteiger partial charge in [0.2, 0.25) is 5.91 Å². The number of rotatable bonds is 6. The first kappa shape index (κ1) is 20.7. The van der Waals surface area contributed by atoms with Crippen molar-refractivity contribution in [2.75, 3.05) is 24.5 Å². The van der Waals surface area contributed by atoms with Crippen LogP contribution in [0.4, 0.5) is 5.82 Å². The largest absolute Gasteiger partial charge is 0.355 e. The fourth-order valence-corrected chi connectivity index (χ4v) is 3.82. The summed E-state index contributed by atoms with van der Waals surface area (Å²) in [4.78, 5) is 30.2. The van der Waals surface area contributed by atoms with Crippen LogP contribution in [-0.2, 0) is 11.3 Å². The monoisotopic (exact) mass is 422 g/mol. The Morgan fingerprint density at radius 1 is 1.13 bits per heavy atom. The molecule has 1 fully saturated rings. The van der Waals surface area contributed by atoms with Gasteiger partial charge in [0.15, 0.2) is 11.6 Å². The second kappa shape index (κ2) is 9.07. The number of aryl methyl sites for hydroxylation is 2. The summed E-state index contributed by atoms with van der Waals surface area (Å²) < 4.78 is 3.26. The number of aromatic nitrogens is 6. The van der Waals surface area contributed by atoms with Gasteiger partial charge >= 0.3 is 0 Å². The molecule has 1 amide bonds. The third kappa shape index (κ3) is 4.79. The molecule has 1 aliphatic heterocycles. The van der Waals surface area contributed by atoms with Crippen molar-refractivity contribution in [1.29, 1.82) is 0 Å². The summed E-state index contributed by atoms with van der Waals surface area (Å²) in [5, 5.41) is 16.1. The molecule has 3 aromatic rings. The van der Waals surface area contributed by atoms with Gasteiger partial charge in [-0.25, -0.2) is 9.67 Å². The molecule has 4 heterocycles. The Bertz CT molecular complexity index is 1100. The summed E-state index contributed by atoms with van der Waals surface area (Å²) in [5.74, 6) is 1.49. The summed E-state index contributed by atoms with van der Waals surface area (Å²) >= 11 is 0. The summed E-state index contributed by atoms with van der Waals surface area (Å²) in [7, 11) is 0. The van der Waals surface area contributed by atoms with E-state index in [0.29, 0.717) is 18.9 Å². The van der Waals surface area contributed by atoms with Crippen molar-refractivity contribution < 1.29 is 4.79 Å². The van der Waals surface area contributed by atoms with Crippen molar-refractivity contribution in [3.8, 4) is 5.82 Å². The SMILES string of the molecule is Cc1cc(C)n(-c2ccc(N3CCC(C(=O)NCCn4cnccc4=O)CC3)nn2)n1. The van der Waals surface area contributed by atoms with E-state index >= 15 is 0 Å². The van der Waals surface area contributed by atoms with Gasteiger partial charge < -0.3 is 10.2 Å². The molecule has 1 saturated heterocycles. The number of carbonyl (C=O) groups is 1. The Hall–Kier alpha value is -3.56. The number of nitrogens with zero attached hydrogens (tertiary/aromatic N) is 7. The lowest BCUT2D eigenvalue weighted by molar-refractivity contribution is -0.125. The second-order valence-electron chi connectivity index (χ2n) is 7.75. The van der Waals surface area contributed by atoms with Crippen molar-refractivity contribution in [2.24, 2.45) is 5.92 Å². The molecule has 1 N–H and O–H groups in total. The fraction of sp³-hybridized carbons (Fsp3) is 0.429. The minimum absolute atomic E-state index is 0.0301. The number of hydrogen-bond acceptors (Lipinski definition) is 7. The summed E-state index contributed by atoms with van der Waals surface area (Å²) in [5.41, 5.74) is 1.83. The number of piperidine rings is 1. The molecule has 10 heteroatoms. The average Bonchev–Trinajstić information content (AvgIpc) is 3.13. The average molecular weight is 422 g/mol. The van der Waals surface area contributed by atoms with Crippen LogP contribution in [-0.4, -0.2) is 55.1 Å². The second-order valence-corrected chi connectivity index (χ2v) is 7.75. The lowest BCUT2D eigenvalue weighted by Crippen LogP contribution is -2.42. The van der Waals surface area contributed by atoms with Crippen molar-refractivity contribution >= 4 is 11.7 Å². The molecular weight excluding hydrogens is 396 g/mol. The maximum absolute atomic E-state index is 12.5. The summed E-state index contributed by atoms with van der Waals surface area (Å²) in [6, 6.07) is 7.27. The zero-order chi connectivity index (χ0) is 21.8. The van der Waals surface area contributed by atoms with Crippen molar-refractivity contribution in [3.63, 3.8) is 0 Å². The van der Waals surface area contributed by atoms with Crippen LogP contribution >= 0.6 is 0 Å².